The minimum atomic E-state index is 0.818. The second-order valence-electron chi connectivity index (χ2n) is 19.2. The molecule has 0 saturated carbocycles. The summed E-state index contributed by atoms with van der Waals surface area (Å²) in [6, 6.07) is 96.5. The lowest BCUT2D eigenvalue weighted by molar-refractivity contribution is 0.477. The van der Waals surface area contributed by atoms with E-state index < -0.39 is 0 Å². The van der Waals surface area contributed by atoms with Crippen LogP contribution >= 0.6 is 0 Å². The summed E-state index contributed by atoms with van der Waals surface area (Å²) in [6.07, 6.45) is 0. The molecular weight excluding hydrogens is 901 g/mol. The van der Waals surface area contributed by atoms with Crippen LogP contribution in [0.25, 0.3) is 87.6 Å². The lowest BCUT2D eigenvalue weighted by Crippen LogP contribution is -2.15. The maximum atomic E-state index is 6.55. The topological polar surface area (TPSA) is 24.9 Å². The lowest BCUT2D eigenvalue weighted by atomic mass is 9.84. The summed E-state index contributed by atoms with van der Waals surface area (Å²) in [4.78, 5) is 4.70. The van der Waals surface area contributed by atoms with Crippen LogP contribution in [-0.2, 0) is 0 Å². The van der Waals surface area contributed by atoms with E-state index in [4.69, 9.17) is 9.47 Å². The molecule has 2 aliphatic heterocycles. The Hall–Kier alpha value is -9.90. The second-order valence-corrected chi connectivity index (χ2v) is 19.2. The molecule has 0 spiro atoms. The number of hydrogen-bond donors (Lipinski definition) is 0. The molecular formula is C70H44N2O2. The molecule has 13 aromatic rings. The maximum absolute atomic E-state index is 6.55. The Kier molecular flexibility index (Phi) is 9.54. The van der Waals surface area contributed by atoms with Crippen molar-refractivity contribution in [3.8, 4) is 67.5 Å². The summed E-state index contributed by atoms with van der Waals surface area (Å²) in [5, 5.41) is 9.48. The van der Waals surface area contributed by atoms with Gasteiger partial charge in [-0.2, -0.15) is 0 Å². The smallest absolute Gasteiger partial charge is 0.151 e. The molecule has 346 valence electrons. The van der Waals surface area contributed by atoms with E-state index in [0.29, 0.717) is 0 Å². The van der Waals surface area contributed by atoms with Crippen molar-refractivity contribution in [2.45, 2.75) is 0 Å². The summed E-state index contributed by atoms with van der Waals surface area (Å²) in [6.45, 7) is 0. The van der Waals surface area contributed by atoms with E-state index in [1.165, 1.54) is 32.7 Å². The van der Waals surface area contributed by atoms with E-state index in [1.807, 2.05) is 24.3 Å². The van der Waals surface area contributed by atoms with Crippen LogP contribution in [0.5, 0.6) is 23.0 Å². The van der Waals surface area contributed by atoms with Gasteiger partial charge in [0.1, 0.15) is 0 Å². The summed E-state index contributed by atoms with van der Waals surface area (Å²) in [7, 11) is 0. The number of fused-ring (bicyclic) bond motifs is 8. The van der Waals surface area contributed by atoms with Crippen molar-refractivity contribution in [3.05, 3.63) is 267 Å². The predicted octanol–water partition coefficient (Wildman–Crippen LogP) is 20.1. The molecule has 2 heterocycles. The summed E-state index contributed by atoms with van der Waals surface area (Å²) in [5.74, 6) is 3.27. The molecule has 0 saturated heterocycles. The van der Waals surface area contributed by atoms with Crippen molar-refractivity contribution in [1.82, 2.24) is 0 Å². The Balaban J connectivity index is 1.03. The number of anilines is 6. The fourth-order valence-corrected chi connectivity index (χ4v) is 11.5. The fourth-order valence-electron chi connectivity index (χ4n) is 11.5. The SMILES string of the molecule is c1cc(-c2ccc3ccccc3c2)cc(-c2c3ccc(N4c5ccccc5Oc5ccccc54)cc3c(-c3cccc(-c4ccc5ccccc5c4)c3)c3ccc(N4c5ccccc5Oc5ccccc54)cc23)c1. The summed E-state index contributed by atoms with van der Waals surface area (Å²) >= 11 is 0. The Bertz CT molecular complexity index is 4050. The van der Waals surface area contributed by atoms with E-state index in [-0.39, 0.29) is 0 Å². The van der Waals surface area contributed by atoms with Crippen LogP contribution in [0, 0.1) is 0 Å². The molecule has 0 radical (unpaired) electrons. The zero-order chi connectivity index (χ0) is 48.7. The molecule has 0 aliphatic carbocycles. The van der Waals surface area contributed by atoms with Gasteiger partial charge in [-0.15, -0.1) is 0 Å². The van der Waals surface area contributed by atoms with Crippen LogP contribution in [0.2, 0.25) is 0 Å². The maximum Gasteiger partial charge on any atom is 0.151 e. The van der Waals surface area contributed by atoms with Crippen molar-refractivity contribution in [3.63, 3.8) is 0 Å². The average Bonchev–Trinajstić information content (AvgIpc) is 3.48. The van der Waals surface area contributed by atoms with Gasteiger partial charge in [-0.3, -0.25) is 0 Å². The number of rotatable bonds is 6. The third-order valence-electron chi connectivity index (χ3n) is 14.9. The summed E-state index contributed by atoms with van der Waals surface area (Å²) < 4.78 is 13.1. The minimum Gasteiger partial charge on any atom is -0.453 e. The van der Waals surface area contributed by atoms with Crippen molar-refractivity contribution in [2.24, 2.45) is 0 Å². The molecule has 2 aliphatic rings. The van der Waals surface area contributed by atoms with Gasteiger partial charge in [-0.1, -0.05) is 170 Å². The molecule has 74 heavy (non-hydrogen) atoms. The molecule has 4 nitrogen and oxygen atoms in total. The quantitative estimate of drug-likeness (QED) is 0.155. The van der Waals surface area contributed by atoms with Crippen LogP contribution in [0.15, 0.2) is 267 Å². The number of ether oxygens (including phenoxy) is 2. The average molecular weight is 945 g/mol. The molecule has 0 aromatic heterocycles. The monoisotopic (exact) mass is 944 g/mol. The van der Waals surface area contributed by atoms with Gasteiger partial charge in [0.25, 0.3) is 0 Å². The molecule has 0 fully saturated rings. The van der Waals surface area contributed by atoms with Crippen molar-refractivity contribution < 1.29 is 9.47 Å². The van der Waals surface area contributed by atoms with Gasteiger partial charge in [-0.25, -0.2) is 0 Å². The third kappa shape index (κ3) is 6.84. The lowest BCUT2D eigenvalue weighted by Gasteiger charge is -2.33. The summed E-state index contributed by atoms with van der Waals surface area (Å²) in [5.41, 5.74) is 15.3. The normalized spacial score (nSPS) is 12.5. The highest BCUT2D eigenvalue weighted by atomic mass is 16.5. The van der Waals surface area contributed by atoms with Gasteiger partial charge in [-0.05, 0) is 185 Å². The number of benzene rings is 13. The van der Waals surface area contributed by atoms with E-state index >= 15 is 0 Å². The number of para-hydroxylation sites is 8. The van der Waals surface area contributed by atoms with E-state index in [9.17, 15) is 0 Å². The van der Waals surface area contributed by atoms with Crippen LogP contribution in [0.3, 0.4) is 0 Å². The highest BCUT2D eigenvalue weighted by Crippen LogP contribution is 2.55. The largest absolute Gasteiger partial charge is 0.453 e. The van der Waals surface area contributed by atoms with Crippen LogP contribution in [-0.4, -0.2) is 0 Å². The van der Waals surface area contributed by atoms with Crippen LogP contribution < -0.4 is 19.3 Å². The molecule has 0 N–H and O–H groups in total. The van der Waals surface area contributed by atoms with Gasteiger partial charge in [0.05, 0.1) is 22.7 Å². The standard InChI is InChI=1S/C70H44N2O2/c1-3-17-47-39-51(33-31-45(47)15-1)49-19-13-21-53(41-49)69-57-37-35-56(72-63-25-7-11-29-67(63)74-68-30-12-8-26-64(68)72)44-60(57)70(54-22-14-20-50(42-54)52-34-32-46-16-2-4-18-48(46)40-52)58-38-36-55(43-59(58)69)71-61-23-5-9-27-65(61)73-66-28-10-6-24-62(66)71/h1-44H. The van der Waals surface area contributed by atoms with Gasteiger partial charge in [0.2, 0.25) is 0 Å². The highest BCUT2D eigenvalue weighted by Gasteiger charge is 2.29. The van der Waals surface area contributed by atoms with Gasteiger partial charge in [0.15, 0.2) is 23.0 Å². The molecule has 15 rings (SSSR count). The third-order valence-corrected chi connectivity index (χ3v) is 14.9. The molecule has 13 aromatic carbocycles. The Morgan fingerprint density at radius 3 is 0.959 bits per heavy atom. The van der Waals surface area contributed by atoms with Gasteiger partial charge >= 0.3 is 0 Å². The number of hydrogen-bond acceptors (Lipinski definition) is 4. The van der Waals surface area contributed by atoms with Crippen LogP contribution in [0.1, 0.15) is 0 Å². The van der Waals surface area contributed by atoms with Crippen molar-refractivity contribution >= 4 is 77.2 Å². The second kappa shape index (κ2) is 16.9. The molecule has 0 atom stereocenters. The van der Waals surface area contributed by atoms with E-state index in [2.05, 4.69) is 252 Å². The van der Waals surface area contributed by atoms with Gasteiger partial charge < -0.3 is 19.3 Å². The first-order valence-electron chi connectivity index (χ1n) is 25.2. The Morgan fingerprint density at radius 1 is 0.216 bits per heavy atom. The fraction of sp³-hybridized carbons (Fsp3) is 0. The van der Waals surface area contributed by atoms with E-state index in [0.717, 1.165) is 112 Å². The molecule has 4 heteroatoms. The zero-order valence-corrected chi connectivity index (χ0v) is 40.1. The van der Waals surface area contributed by atoms with E-state index in [1.54, 1.807) is 0 Å². The number of nitrogens with zero attached hydrogens (tertiary/aromatic N) is 2. The highest BCUT2D eigenvalue weighted by molar-refractivity contribution is 6.23. The molecule has 0 bridgehead atoms. The van der Waals surface area contributed by atoms with Crippen LogP contribution in [0.4, 0.5) is 34.1 Å². The predicted molar refractivity (Wildman–Crippen MR) is 308 cm³/mol. The Labute approximate surface area is 428 Å². The van der Waals surface area contributed by atoms with Gasteiger partial charge in [0, 0.05) is 11.4 Å². The van der Waals surface area contributed by atoms with Crippen molar-refractivity contribution in [1.29, 1.82) is 0 Å². The minimum absolute atomic E-state index is 0.818. The molecule has 0 unspecified atom stereocenters. The zero-order valence-electron chi connectivity index (χ0n) is 40.1. The first kappa shape index (κ1) is 41.8. The first-order chi connectivity index (χ1) is 36.7. The first-order valence-corrected chi connectivity index (χ1v) is 25.2. The Morgan fingerprint density at radius 2 is 0.554 bits per heavy atom. The molecule has 0 amide bonds. The van der Waals surface area contributed by atoms with Crippen molar-refractivity contribution in [2.75, 3.05) is 9.80 Å².